The summed E-state index contributed by atoms with van der Waals surface area (Å²) in [5.41, 5.74) is 0. The second kappa shape index (κ2) is 3.99. The highest BCUT2D eigenvalue weighted by atomic mass is 16.7. The van der Waals surface area contributed by atoms with Crippen molar-refractivity contribution in [1.29, 1.82) is 0 Å². The first kappa shape index (κ1) is 6.82. The molecule has 0 saturated heterocycles. The maximum Gasteiger partial charge on any atom is 0.281 e. The van der Waals surface area contributed by atoms with Gasteiger partial charge < -0.3 is 9.47 Å². The lowest BCUT2D eigenvalue weighted by molar-refractivity contribution is 0.152. The highest BCUT2D eigenvalue weighted by Crippen LogP contribution is 1.94. The van der Waals surface area contributed by atoms with Crippen molar-refractivity contribution >= 4 is 0 Å². The lowest BCUT2D eigenvalue weighted by Crippen LogP contribution is -1.81. The Kier molecular flexibility index (Phi) is 3.40. The van der Waals surface area contributed by atoms with Crippen LogP contribution in [0.3, 0.4) is 0 Å². The number of hydrogen-bond acceptors (Lipinski definition) is 2. The molecule has 0 rings (SSSR count). The van der Waals surface area contributed by atoms with Gasteiger partial charge in [-0.2, -0.15) is 0 Å². The molecular weight excluding hydrogens is 104 g/mol. The van der Waals surface area contributed by atoms with Gasteiger partial charge in [-0.05, 0) is 6.58 Å². The van der Waals surface area contributed by atoms with Crippen molar-refractivity contribution in [2.45, 2.75) is 0 Å². The summed E-state index contributed by atoms with van der Waals surface area (Å²) in [5, 5.41) is 0. The minimum absolute atomic E-state index is 0.176. The van der Waals surface area contributed by atoms with Crippen molar-refractivity contribution in [1.82, 2.24) is 0 Å². The molecule has 0 aliphatic carbocycles. The topological polar surface area (TPSA) is 18.5 Å². The monoisotopic (exact) mass is 112 g/mol. The van der Waals surface area contributed by atoms with Gasteiger partial charge in [0.05, 0.1) is 12.5 Å². The van der Waals surface area contributed by atoms with Gasteiger partial charge in [0.15, 0.2) is 0 Å². The molecule has 2 heteroatoms. The third-order valence-electron chi connectivity index (χ3n) is 0.430. The molecule has 0 aromatic carbocycles. The smallest absolute Gasteiger partial charge is 0.281 e. The van der Waals surface area contributed by atoms with Crippen molar-refractivity contribution in [2.75, 3.05) is 0 Å². The fraction of sp³-hybridized carbons (Fsp3) is 0. The van der Waals surface area contributed by atoms with Gasteiger partial charge in [0, 0.05) is 0 Å². The van der Waals surface area contributed by atoms with Crippen LogP contribution in [0.15, 0.2) is 38.2 Å². The van der Waals surface area contributed by atoms with Crippen LogP contribution in [-0.4, -0.2) is 0 Å². The van der Waals surface area contributed by atoms with Crippen LogP contribution in [-0.2, 0) is 9.47 Å². The molecule has 0 aliphatic heterocycles. The van der Waals surface area contributed by atoms with E-state index in [4.69, 9.17) is 0 Å². The number of rotatable bonds is 4. The first-order valence-corrected chi connectivity index (χ1v) is 2.05. The Morgan fingerprint density at radius 3 is 1.75 bits per heavy atom. The lowest BCUT2D eigenvalue weighted by atomic mass is 10.9. The molecule has 44 valence electrons. The van der Waals surface area contributed by atoms with Crippen LogP contribution >= 0.6 is 0 Å². The Bertz CT molecular complexity index is 93.1. The molecular formula is C6H8O2. The second-order valence-corrected chi connectivity index (χ2v) is 0.941. The normalized spacial score (nSPS) is 7.00. The van der Waals surface area contributed by atoms with Crippen molar-refractivity contribution in [3.8, 4) is 0 Å². The minimum Gasteiger partial charge on any atom is -0.435 e. The summed E-state index contributed by atoms with van der Waals surface area (Å²) in [4.78, 5) is 0. The summed E-state index contributed by atoms with van der Waals surface area (Å²) in [7, 11) is 0. The van der Waals surface area contributed by atoms with Gasteiger partial charge in [0.2, 0.25) is 0 Å². The zero-order chi connectivity index (χ0) is 6.41. The maximum atomic E-state index is 4.56. The van der Waals surface area contributed by atoms with Crippen molar-refractivity contribution < 1.29 is 9.47 Å². The first-order chi connectivity index (χ1) is 3.81. The predicted octanol–water partition coefficient (Wildman–Crippen LogP) is 1.78. The van der Waals surface area contributed by atoms with Crippen LogP contribution in [0.25, 0.3) is 0 Å². The Balaban J connectivity index is 3.32. The third kappa shape index (κ3) is 3.03. The van der Waals surface area contributed by atoms with Crippen LogP contribution in [0.4, 0.5) is 0 Å². The number of hydrogen-bond donors (Lipinski definition) is 0. The van der Waals surface area contributed by atoms with E-state index in [0.29, 0.717) is 0 Å². The molecule has 0 spiro atoms. The Morgan fingerprint density at radius 1 is 1.12 bits per heavy atom. The van der Waals surface area contributed by atoms with E-state index in [0.717, 1.165) is 0 Å². The van der Waals surface area contributed by atoms with Gasteiger partial charge in [0.25, 0.3) is 5.95 Å². The van der Waals surface area contributed by atoms with Gasteiger partial charge in [-0.25, -0.2) is 0 Å². The molecule has 0 aromatic heterocycles. The van der Waals surface area contributed by atoms with Crippen LogP contribution in [0.2, 0.25) is 0 Å². The lowest BCUT2D eigenvalue weighted by Gasteiger charge is -1.98. The van der Waals surface area contributed by atoms with E-state index in [1.165, 1.54) is 12.5 Å². The van der Waals surface area contributed by atoms with E-state index in [-0.39, 0.29) is 5.95 Å². The van der Waals surface area contributed by atoms with Crippen molar-refractivity contribution in [3.63, 3.8) is 0 Å². The molecule has 2 nitrogen and oxygen atoms in total. The zero-order valence-electron chi connectivity index (χ0n) is 4.59. The molecule has 0 atom stereocenters. The van der Waals surface area contributed by atoms with Gasteiger partial charge in [-0.3, -0.25) is 0 Å². The Morgan fingerprint density at radius 2 is 1.50 bits per heavy atom. The standard InChI is InChI=1S/C6H8O2/c1-4-7-6(3)8-5-2/h4-5H,1-3H2. The van der Waals surface area contributed by atoms with Gasteiger partial charge in [-0.15, -0.1) is 0 Å². The Labute approximate surface area is 48.7 Å². The fourth-order valence-electron chi connectivity index (χ4n) is 0.214. The quantitative estimate of drug-likeness (QED) is 0.516. The molecule has 0 heterocycles. The molecule has 0 unspecified atom stereocenters. The minimum atomic E-state index is 0.176. The van der Waals surface area contributed by atoms with Crippen LogP contribution in [0, 0.1) is 0 Å². The maximum absolute atomic E-state index is 4.56. The average molecular weight is 112 g/mol. The molecule has 0 aliphatic rings. The van der Waals surface area contributed by atoms with E-state index < -0.39 is 0 Å². The fourth-order valence-corrected chi connectivity index (χ4v) is 0.214. The highest BCUT2D eigenvalue weighted by Gasteiger charge is 1.83. The molecule has 0 fully saturated rings. The molecule has 0 bridgehead atoms. The largest absolute Gasteiger partial charge is 0.435 e. The predicted molar refractivity (Wildman–Crippen MR) is 31.7 cm³/mol. The summed E-state index contributed by atoms with van der Waals surface area (Å²) in [6, 6.07) is 0. The highest BCUT2D eigenvalue weighted by molar-refractivity contribution is 4.74. The van der Waals surface area contributed by atoms with Gasteiger partial charge in [0.1, 0.15) is 0 Å². The Hall–Kier alpha value is -1.18. The van der Waals surface area contributed by atoms with Crippen LogP contribution < -0.4 is 0 Å². The third-order valence-corrected chi connectivity index (χ3v) is 0.430. The second-order valence-electron chi connectivity index (χ2n) is 0.941. The first-order valence-electron chi connectivity index (χ1n) is 2.05. The van der Waals surface area contributed by atoms with E-state index in [9.17, 15) is 0 Å². The van der Waals surface area contributed by atoms with E-state index in [1.807, 2.05) is 0 Å². The van der Waals surface area contributed by atoms with Crippen LogP contribution in [0.1, 0.15) is 0 Å². The summed E-state index contributed by atoms with van der Waals surface area (Å²) in [5.74, 6) is 0.176. The van der Waals surface area contributed by atoms with E-state index >= 15 is 0 Å². The zero-order valence-corrected chi connectivity index (χ0v) is 4.59. The van der Waals surface area contributed by atoms with E-state index in [2.05, 4.69) is 29.2 Å². The molecule has 8 heavy (non-hydrogen) atoms. The SMILES string of the molecule is C=COC(=C)OC=C. The van der Waals surface area contributed by atoms with Gasteiger partial charge in [-0.1, -0.05) is 13.2 Å². The van der Waals surface area contributed by atoms with Gasteiger partial charge >= 0.3 is 0 Å². The summed E-state index contributed by atoms with van der Waals surface area (Å²) in [6.45, 7) is 9.92. The van der Waals surface area contributed by atoms with Crippen molar-refractivity contribution in [3.05, 3.63) is 38.2 Å². The molecule has 0 radical (unpaired) electrons. The molecule has 0 aromatic rings. The van der Waals surface area contributed by atoms with E-state index in [1.54, 1.807) is 0 Å². The molecule has 0 N–H and O–H groups in total. The summed E-state index contributed by atoms with van der Waals surface area (Å²) in [6.07, 6.45) is 2.46. The average Bonchev–Trinajstić information content (AvgIpc) is 1.68. The molecule has 0 amide bonds. The number of ether oxygens (including phenoxy) is 2. The summed E-state index contributed by atoms with van der Waals surface area (Å²) >= 11 is 0. The summed E-state index contributed by atoms with van der Waals surface area (Å²) < 4.78 is 9.12. The van der Waals surface area contributed by atoms with Crippen molar-refractivity contribution in [2.24, 2.45) is 0 Å². The molecule has 0 saturated carbocycles. The van der Waals surface area contributed by atoms with Crippen LogP contribution in [0.5, 0.6) is 0 Å².